The lowest BCUT2D eigenvalue weighted by Gasteiger charge is -2.28. The average Bonchev–Trinajstić information content (AvgIpc) is 3.10. The van der Waals surface area contributed by atoms with Crippen LogP contribution in [0.3, 0.4) is 0 Å². The molecule has 1 fully saturated rings. The first kappa shape index (κ1) is 15.4. The second kappa shape index (κ2) is 6.75. The molecule has 1 aliphatic heterocycles. The summed E-state index contributed by atoms with van der Waals surface area (Å²) in [6.07, 6.45) is 4.57. The number of hydrogen-bond donors (Lipinski definition) is 2. The van der Waals surface area contributed by atoms with Crippen molar-refractivity contribution in [2.24, 2.45) is 0 Å². The normalized spacial score (nSPS) is 23.5. The van der Waals surface area contributed by atoms with Gasteiger partial charge in [-0.2, -0.15) is 5.10 Å². The summed E-state index contributed by atoms with van der Waals surface area (Å²) in [5.74, 6) is 0.615. The van der Waals surface area contributed by atoms with Gasteiger partial charge in [-0.05, 0) is 30.4 Å². The van der Waals surface area contributed by atoms with Crippen LogP contribution in [0.25, 0.3) is 0 Å². The van der Waals surface area contributed by atoms with E-state index in [4.69, 9.17) is 4.74 Å². The van der Waals surface area contributed by atoms with Crippen LogP contribution in [-0.4, -0.2) is 41.5 Å². The molecule has 126 valence electrons. The molecule has 2 atom stereocenters. The van der Waals surface area contributed by atoms with Crippen molar-refractivity contribution in [2.45, 2.75) is 31.4 Å². The number of rotatable bonds is 3. The molecule has 1 unspecified atom stereocenters. The minimum absolute atomic E-state index is 0.118. The summed E-state index contributed by atoms with van der Waals surface area (Å²) in [7, 11) is 0. The van der Waals surface area contributed by atoms with Crippen LogP contribution in [0.15, 0.2) is 36.5 Å². The number of amides is 1. The van der Waals surface area contributed by atoms with Gasteiger partial charge in [0.25, 0.3) is 5.91 Å². The van der Waals surface area contributed by atoms with Gasteiger partial charge >= 0.3 is 0 Å². The van der Waals surface area contributed by atoms with Gasteiger partial charge in [0.15, 0.2) is 0 Å². The van der Waals surface area contributed by atoms with E-state index >= 15 is 0 Å². The Labute approximate surface area is 141 Å². The topological polar surface area (TPSA) is 68.2 Å². The smallest absolute Gasteiger partial charge is 0.255 e. The lowest BCUT2D eigenvalue weighted by molar-refractivity contribution is -0.128. The van der Waals surface area contributed by atoms with Crippen LogP contribution in [0.5, 0.6) is 0 Å². The molecule has 4 rings (SSSR count). The van der Waals surface area contributed by atoms with E-state index in [2.05, 4.69) is 40.0 Å². The van der Waals surface area contributed by atoms with Crippen LogP contribution >= 0.6 is 0 Å². The number of nitrogens with one attached hydrogen (secondary N) is 2. The van der Waals surface area contributed by atoms with Gasteiger partial charge in [0.1, 0.15) is 11.9 Å². The number of nitrogens with zero attached hydrogens (tertiary/aromatic N) is 2. The van der Waals surface area contributed by atoms with Crippen LogP contribution < -0.4 is 10.6 Å². The highest BCUT2D eigenvalue weighted by Crippen LogP contribution is 2.34. The average molecular weight is 326 g/mol. The molecule has 2 aliphatic rings. The van der Waals surface area contributed by atoms with Crippen molar-refractivity contribution in [3.8, 4) is 0 Å². The quantitative estimate of drug-likeness (QED) is 0.901. The standard InChI is InChI=1S/C18H22N4O2/c23-18(16-12-19-10-11-24-16)21-17-8-9-20-22(17)15-7-3-5-13-4-1-2-6-14(13)15/h1-2,4,6,8-9,15-16,19H,3,5,7,10-12H2,(H,21,23)/t15?,16-/m1/s1. The Bertz CT molecular complexity index is 721. The molecule has 1 saturated heterocycles. The maximum atomic E-state index is 12.4. The van der Waals surface area contributed by atoms with Crippen LogP contribution in [0, 0.1) is 0 Å². The van der Waals surface area contributed by atoms with Crippen LogP contribution in [0.2, 0.25) is 0 Å². The molecule has 0 bridgehead atoms. The van der Waals surface area contributed by atoms with E-state index in [0.717, 1.165) is 31.6 Å². The van der Waals surface area contributed by atoms with Gasteiger partial charge in [-0.3, -0.25) is 4.79 Å². The first-order valence-electron chi connectivity index (χ1n) is 8.57. The molecule has 1 aromatic heterocycles. The molecule has 1 aliphatic carbocycles. The molecule has 2 N–H and O–H groups in total. The Morgan fingerprint density at radius 1 is 1.33 bits per heavy atom. The van der Waals surface area contributed by atoms with Gasteiger partial charge < -0.3 is 15.4 Å². The Morgan fingerprint density at radius 3 is 3.12 bits per heavy atom. The fraction of sp³-hybridized carbons (Fsp3) is 0.444. The minimum Gasteiger partial charge on any atom is -0.366 e. The van der Waals surface area contributed by atoms with E-state index < -0.39 is 6.10 Å². The highest BCUT2D eigenvalue weighted by atomic mass is 16.5. The molecule has 0 radical (unpaired) electrons. The number of fused-ring (bicyclic) bond motifs is 1. The third-order valence-corrected chi connectivity index (χ3v) is 4.77. The van der Waals surface area contributed by atoms with Crippen molar-refractivity contribution >= 4 is 11.7 Å². The largest absolute Gasteiger partial charge is 0.366 e. The predicted molar refractivity (Wildman–Crippen MR) is 91.0 cm³/mol. The fourth-order valence-electron chi connectivity index (χ4n) is 3.58. The Hall–Kier alpha value is -2.18. The molecule has 24 heavy (non-hydrogen) atoms. The lowest BCUT2D eigenvalue weighted by Crippen LogP contribution is -2.45. The van der Waals surface area contributed by atoms with E-state index in [1.165, 1.54) is 11.1 Å². The van der Waals surface area contributed by atoms with E-state index in [1.807, 2.05) is 10.7 Å². The van der Waals surface area contributed by atoms with Crippen molar-refractivity contribution < 1.29 is 9.53 Å². The number of carbonyl (C=O) groups is 1. The summed E-state index contributed by atoms with van der Waals surface area (Å²) in [6.45, 7) is 1.90. The molecule has 2 aromatic rings. The van der Waals surface area contributed by atoms with Gasteiger partial charge in [0.05, 0.1) is 18.8 Å². The number of hydrogen-bond acceptors (Lipinski definition) is 4. The first-order chi connectivity index (χ1) is 11.8. The van der Waals surface area contributed by atoms with Gasteiger partial charge in [-0.1, -0.05) is 24.3 Å². The van der Waals surface area contributed by atoms with Gasteiger partial charge in [-0.25, -0.2) is 4.68 Å². The molecule has 1 amide bonds. The van der Waals surface area contributed by atoms with E-state index in [-0.39, 0.29) is 11.9 Å². The van der Waals surface area contributed by atoms with E-state index in [0.29, 0.717) is 13.2 Å². The van der Waals surface area contributed by atoms with Gasteiger partial charge in [0.2, 0.25) is 0 Å². The molecular weight excluding hydrogens is 304 g/mol. The number of ether oxygens (including phenoxy) is 1. The van der Waals surface area contributed by atoms with E-state index in [1.54, 1.807) is 6.20 Å². The zero-order valence-electron chi connectivity index (χ0n) is 13.6. The maximum Gasteiger partial charge on any atom is 0.255 e. The monoisotopic (exact) mass is 326 g/mol. The Morgan fingerprint density at radius 2 is 2.25 bits per heavy atom. The summed E-state index contributed by atoms with van der Waals surface area (Å²) in [5.41, 5.74) is 2.68. The summed E-state index contributed by atoms with van der Waals surface area (Å²) < 4.78 is 7.46. The zero-order chi connectivity index (χ0) is 16.4. The van der Waals surface area contributed by atoms with Crippen molar-refractivity contribution in [3.05, 3.63) is 47.7 Å². The number of benzene rings is 1. The molecule has 1 aromatic carbocycles. The predicted octanol–water partition coefficient (Wildman–Crippen LogP) is 1.74. The number of carbonyl (C=O) groups excluding carboxylic acids is 1. The minimum atomic E-state index is -0.444. The molecule has 6 heteroatoms. The molecule has 0 saturated carbocycles. The number of aryl methyl sites for hydroxylation is 1. The second-order valence-electron chi connectivity index (χ2n) is 6.32. The van der Waals surface area contributed by atoms with Crippen LogP contribution in [0.4, 0.5) is 5.82 Å². The molecular formula is C18H22N4O2. The van der Waals surface area contributed by atoms with E-state index in [9.17, 15) is 4.79 Å². The second-order valence-corrected chi connectivity index (χ2v) is 6.32. The highest BCUT2D eigenvalue weighted by molar-refractivity contribution is 5.93. The van der Waals surface area contributed by atoms with Crippen molar-refractivity contribution in [2.75, 3.05) is 25.0 Å². The summed E-state index contributed by atoms with van der Waals surface area (Å²) in [6, 6.07) is 10.5. The molecule has 0 spiro atoms. The van der Waals surface area contributed by atoms with Crippen LogP contribution in [-0.2, 0) is 16.0 Å². The summed E-state index contributed by atoms with van der Waals surface area (Å²) in [4.78, 5) is 12.4. The molecule has 6 nitrogen and oxygen atoms in total. The van der Waals surface area contributed by atoms with Gasteiger partial charge in [-0.15, -0.1) is 0 Å². The Kier molecular flexibility index (Phi) is 4.32. The molecule has 2 heterocycles. The first-order valence-corrected chi connectivity index (χ1v) is 8.57. The Balaban J connectivity index is 1.56. The van der Waals surface area contributed by atoms with Crippen molar-refractivity contribution in [3.63, 3.8) is 0 Å². The number of morpholine rings is 1. The number of anilines is 1. The zero-order valence-corrected chi connectivity index (χ0v) is 13.6. The summed E-state index contributed by atoms with van der Waals surface area (Å²) in [5, 5.41) is 10.6. The highest BCUT2D eigenvalue weighted by Gasteiger charge is 2.26. The fourth-order valence-corrected chi connectivity index (χ4v) is 3.58. The number of aromatic nitrogens is 2. The maximum absolute atomic E-state index is 12.4. The van der Waals surface area contributed by atoms with Gasteiger partial charge in [0, 0.05) is 19.2 Å². The van der Waals surface area contributed by atoms with Crippen molar-refractivity contribution in [1.82, 2.24) is 15.1 Å². The van der Waals surface area contributed by atoms with Crippen LogP contribution in [0.1, 0.15) is 30.0 Å². The summed E-state index contributed by atoms with van der Waals surface area (Å²) >= 11 is 0. The van der Waals surface area contributed by atoms with Crippen molar-refractivity contribution in [1.29, 1.82) is 0 Å². The third kappa shape index (κ3) is 2.95. The lowest BCUT2D eigenvalue weighted by atomic mass is 9.88. The SMILES string of the molecule is O=C(Nc1ccnn1C1CCCc2ccccc21)[C@H]1CNCCO1. The third-order valence-electron chi connectivity index (χ3n) is 4.77.